The predicted molar refractivity (Wildman–Crippen MR) is 166 cm³/mol. The Labute approximate surface area is 267 Å². The van der Waals surface area contributed by atoms with Gasteiger partial charge in [-0.25, -0.2) is 0 Å². The number of allylic oxidation sites excluding steroid dienone is 1. The summed E-state index contributed by atoms with van der Waals surface area (Å²) in [6.07, 6.45) is 3.02. The minimum atomic E-state index is -1.36. The van der Waals surface area contributed by atoms with Crippen molar-refractivity contribution >= 4 is 11.9 Å². The Morgan fingerprint density at radius 3 is 2.13 bits per heavy atom. The van der Waals surface area contributed by atoms with Crippen molar-refractivity contribution in [2.45, 2.75) is 149 Å². The lowest BCUT2D eigenvalue weighted by molar-refractivity contribution is -0.324. The number of ether oxygens (including phenoxy) is 2. The van der Waals surface area contributed by atoms with E-state index < -0.39 is 58.9 Å². The third-order valence-corrected chi connectivity index (χ3v) is 14.9. The SMILES string of the molecule is C[C@@H]1O[C@H](O[C@H]2CC[C@]3(C)[C@H](CC[C@]4(C)[C@H]3CC=C3[C@H]5CC(C)(C)CC[C@]5(C(=O)O)CC[C@]34C(=O)O)C2(C)C)[C@@H](O)[C@H](O)[C@H]1O. The maximum absolute atomic E-state index is 13.8. The second-order valence-electron chi connectivity index (χ2n) is 17.7. The van der Waals surface area contributed by atoms with E-state index in [-0.39, 0.29) is 40.1 Å². The first-order valence-electron chi connectivity index (χ1n) is 17.3. The molecule has 4 saturated carbocycles. The van der Waals surface area contributed by atoms with E-state index in [2.05, 4.69) is 47.6 Å². The summed E-state index contributed by atoms with van der Waals surface area (Å²) in [4.78, 5) is 26.7. The van der Waals surface area contributed by atoms with Gasteiger partial charge >= 0.3 is 11.9 Å². The number of aliphatic hydroxyl groups excluding tert-OH is 3. The molecule has 45 heavy (non-hydrogen) atoms. The molecule has 0 bridgehead atoms. The molecule has 0 aromatic heterocycles. The maximum Gasteiger partial charge on any atom is 0.314 e. The van der Waals surface area contributed by atoms with Gasteiger partial charge in [0.15, 0.2) is 6.29 Å². The molecule has 5 aliphatic carbocycles. The molecular weight excluding hydrogens is 576 g/mol. The first-order chi connectivity index (χ1) is 20.8. The molecule has 0 amide bonds. The van der Waals surface area contributed by atoms with Crippen LogP contribution in [-0.4, -0.2) is 74.3 Å². The lowest BCUT2D eigenvalue weighted by Gasteiger charge is -2.70. The molecular formula is C36H56O9. The van der Waals surface area contributed by atoms with Crippen molar-refractivity contribution in [3.8, 4) is 0 Å². The molecule has 0 unspecified atom stereocenters. The molecule has 254 valence electrons. The van der Waals surface area contributed by atoms with E-state index in [0.717, 1.165) is 37.7 Å². The summed E-state index contributed by atoms with van der Waals surface area (Å²) < 4.78 is 12.3. The zero-order chi connectivity index (χ0) is 33.1. The fourth-order valence-corrected chi connectivity index (χ4v) is 12.3. The number of aliphatic carboxylic acids is 2. The number of fused-ring (bicyclic) bond motifs is 7. The Kier molecular flexibility index (Phi) is 7.78. The lowest BCUT2D eigenvalue weighted by Crippen LogP contribution is -2.68. The first-order valence-corrected chi connectivity index (χ1v) is 17.3. The summed E-state index contributed by atoms with van der Waals surface area (Å²) in [6, 6.07) is 0. The Balaban J connectivity index is 1.35. The molecule has 1 heterocycles. The van der Waals surface area contributed by atoms with Gasteiger partial charge in [-0.2, -0.15) is 0 Å². The van der Waals surface area contributed by atoms with Crippen LogP contribution in [-0.2, 0) is 19.1 Å². The Morgan fingerprint density at radius 1 is 0.822 bits per heavy atom. The number of carboxylic acid groups (broad SMARTS) is 2. The van der Waals surface area contributed by atoms with Gasteiger partial charge in [-0.1, -0.05) is 53.2 Å². The average Bonchev–Trinajstić information content (AvgIpc) is 2.95. The smallest absolute Gasteiger partial charge is 0.314 e. The van der Waals surface area contributed by atoms with Gasteiger partial charge in [-0.15, -0.1) is 0 Å². The van der Waals surface area contributed by atoms with Crippen molar-refractivity contribution in [2.24, 2.45) is 50.2 Å². The highest BCUT2D eigenvalue weighted by atomic mass is 16.7. The van der Waals surface area contributed by atoms with Crippen molar-refractivity contribution in [1.82, 2.24) is 0 Å². The fraction of sp³-hybridized carbons (Fsp3) is 0.889. The zero-order valence-corrected chi connectivity index (χ0v) is 28.2. The highest BCUT2D eigenvalue weighted by molar-refractivity contribution is 5.84. The number of hydrogen-bond acceptors (Lipinski definition) is 7. The van der Waals surface area contributed by atoms with Crippen molar-refractivity contribution in [3.05, 3.63) is 11.6 Å². The summed E-state index contributed by atoms with van der Waals surface area (Å²) in [5, 5.41) is 53.2. The van der Waals surface area contributed by atoms with Crippen molar-refractivity contribution in [3.63, 3.8) is 0 Å². The van der Waals surface area contributed by atoms with Gasteiger partial charge in [-0.05, 0) is 111 Å². The molecule has 1 aliphatic heterocycles. The van der Waals surface area contributed by atoms with Gasteiger partial charge in [0.25, 0.3) is 0 Å². The molecule has 1 saturated heterocycles. The van der Waals surface area contributed by atoms with E-state index in [4.69, 9.17) is 9.47 Å². The van der Waals surface area contributed by atoms with E-state index in [1.165, 1.54) is 0 Å². The summed E-state index contributed by atoms with van der Waals surface area (Å²) in [6.45, 7) is 15.0. The van der Waals surface area contributed by atoms with Crippen LogP contribution in [0.15, 0.2) is 11.6 Å². The number of rotatable bonds is 4. The molecule has 9 nitrogen and oxygen atoms in total. The summed E-state index contributed by atoms with van der Waals surface area (Å²) >= 11 is 0. The van der Waals surface area contributed by atoms with Crippen LogP contribution >= 0.6 is 0 Å². The Hall–Kier alpha value is -1.52. The van der Waals surface area contributed by atoms with Gasteiger partial charge in [0.1, 0.15) is 18.3 Å². The molecule has 5 fully saturated rings. The normalized spacial score (nSPS) is 51.9. The molecule has 0 aromatic carbocycles. The molecule has 0 aromatic rings. The first kappa shape index (κ1) is 33.4. The Morgan fingerprint density at radius 2 is 1.49 bits per heavy atom. The van der Waals surface area contributed by atoms with Gasteiger partial charge in [-0.3, -0.25) is 9.59 Å². The summed E-state index contributed by atoms with van der Waals surface area (Å²) in [5.41, 5.74) is -2.17. The van der Waals surface area contributed by atoms with E-state index in [0.29, 0.717) is 32.1 Å². The van der Waals surface area contributed by atoms with Crippen LogP contribution in [0.4, 0.5) is 0 Å². The van der Waals surface area contributed by atoms with E-state index in [1.807, 2.05) is 0 Å². The standard InChI is InChI=1S/C36H56O9/c1-19-25(37)26(38)27(39)28(44-19)45-24-11-12-33(6)22(32(24,4)5)10-13-34(7)23(33)9-8-20-21-18-31(2,3)14-15-35(21,29(40)41)16-17-36(20,34)30(42)43/h8,19,21-28,37-39H,9-18H2,1-7H3,(H,40,41)(H,42,43)/t19-,21+,22+,23-,24-,25-,26+,27-,28+,33+,34+,35-,36+/m0/s1. The van der Waals surface area contributed by atoms with Crippen LogP contribution in [0.2, 0.25) is 0 Å². The quantitative estimate of drug-likeness (QED) is 0.209. The van der Waals surface area contributed by atoms with Crippen LogP contribution in [0.25, 0.3) is 0 Å². The molecule has 9 heteroatoms. The minimum absolute atomic E-state index is 0.0443. The van der Waals surface area contributed by atoms with Crippen molar-refractivity contribution in [2.75, 3.05) is 0 Å². The third kappa shape index (κ3) is 4.42. The van der Waals surface area contributed by atoms with Crippen LogP contribution in [0, 0.1) is 50.2 Å². The molecule has 0 radical (unpaired) electrons. The maximum atomic E-state index is 13.8. The number of aliphatic hydroxyl groups is 3. The van der Waals surface area contributed by atoms with Crippen LogP contribution in [0.5, 0.6) is 0 Å². The highest BCUT2D eigenvalue weighted by Crippen LogP contribution is 2.76. The van der Waals surface area contributed by atoms with Crippen LogP contribution in [0.1, 0.15) is 113 Å². The average molecular weight is 633 g/mol. The molecule has 0 spiro atoms. The van der Waals surface area contributed by atoms with E-state index in [1.54, 1.807) is 6.92 Å². The second-order valence-corrected chi connectivity index (χ2v) is 17.7. The zero-order valence-electron chi connectivity index (χ0n) is 28.2. The van der Waals surface area contributed by atoms with Gasteiger partial charge in [0, 0.05) is 0 Å². The monoisotopic (exact) mass is 632 g/mol. The number of carboxylic acids is 2. The van der Waals surface area contributed by atoms with E-state index in [9.17, 15) is 35.1 Å². The molecule has 6 aliphatic rings. The topological polar surface area (TPSA) is 154 Å². The summed E-state index contributed by atoms with van der Waals surface area (Å²) in [7, 11) is 0. The van der Waals surface area contributed by atoms with Crippen LogP contribution < -0.4 is 0 Å². The summed E-state index contributed by atoms with van der Waals surface area (Å²) in [5.74, 6) is -1.52. The van der Waals surface area contributed by atoms with E-state index >= 15 is 0 Å². The number of hydrogen-bond donors (Lipinski definition) is 5. The third-order valence-electron chi connectivity index (χ3n) is 14.9. The number of carbonyl (C=O) groups is 2. The van der Waals surface area contributed by atoms with Gasteiger partial charge in [0.2, 0.25) is 0 Å². The van der Waals surface area contributed by atoms with Gasteiger partial charge < -0.3 is 35.0 Å². The lowest BCUT2D eigenvalue weighted by atomic mass is 9.33. The van der Waals surface area contributed by atoms with Gasteiger partial charge in [0.05, 0.1) is 23.0 Å². The molecule has 6 rings (SSSR count). The molecule has 5 N–H and O–H groups in total. The minimum Gasteiger partial charge on any atom is -0.481 e. The Bertz CT molecular complexity index is 1260. The molecule has 13 atom stereocenters. The predicted octanol–water partition coefficient (Wildman–Crippen LogP) is 5.15. The highest BCUT2D eigenvalue weighted by Gasteiger charge is 2.73. The van der Waals surface area contributed by atoms with Crippen LogP contribution in [0.3, 0.4) is 0 Å². The largest absolute Gasteiger partial charge is 0.481 e. The van der Waals surface area contributed by atoms with Crippen molar-refractivity contribution < 1.29 is 44.6 Å². The fourth-order valence-electron chi connectivity index (χ4n) is 12.3. The second kappa shape index (κ2) is 10.5. The van der Waals surface area contributed by atoms with Crippen molar-refractivity contribution in [1.29, 1.82) is 0 Å².